The van der Waals surface area contributed by atoms with Gasteiger partial charge in [-0.2, -0.15) is 0 Å². The minimum absolute atomic E-state index is 0.256. The number of H-pyrrole nitrogens is 1. The summed E-state index contributed by atoms with van der Waals surface area (Å²) in [5, 5.41) is 9.17. The first kappa shape index (κ1) is 12.2. The number of carboxylic acid groups (broad SMARTS) is 1. The van der Waals surface area contributed by atoms with Crippen LogP contribution < -0.4 is 5.56 Å². The van der Waals surface area contributed by atoms with E-state index in [1.54, 1.807) is 0 Å². The maximum absolute atomic E-state index is 11.6. The Kier molecular flexibility index (Phi) is 3.52. The largest absolute Gasteiger partial charge is 0.477 e. The van der Waals surface area contributed by atoms with E-state index in [0.29, 0.717) is 10.7 Å². The monoisotopic (exact) mass is 255 g/mol. The third-order valence-electron chi connectivity index (χ3n) is 3.27. The molecule has 0 atom stereocenters. The molecule has 0 bridgehead atoms. The molecular weight excluding hydrogens is 242 g/mol. The van der Waals surface area contributed by atoms with E-state index in [2.05, 4.69) is 4.98 Å². The highest BCUT2D eigenvalue weighted by Gasteiger charge is 2.21. The molecule has 2 N–H and O–H groups in total. The van der Waals surface area contributed by atoms with Crippen LogP contribution in [-0.4, -0.2) is 16.1 Å². The van der Waals surface area contributed by atoms with E-state index in [-0.39, 0.29) is 11.5 Å². The van der Waals surface area contributed by atoms with Crippen LogP contribution in [0.5, 0.6) is 0 Å². The number of halogens is 1. The summed E-state index contributed by atoms with van der Waals surface area (Å²) in [4.78, 5) is 25.0. The van der Waals surface area contributed by atoms with Gasteiger partial charge in [0.25, 0.3) is 5.56 Å². The van der Waals surface area contributed by atoms with E-state index < -0.39 is 11.5 Å². The Morgan fingerprint density at radius 1 is 1.35 bits per heavy atom. The number of carbonyl (C=O) groups is 1. The zero-order valence-electron chi connectivity index (χ0n) is 9.33. The van der Waals surface area contributed by atoms with Crippen molar-refractivity contribution < 1.29 is 9.90 Å². The van der Waals surface area contributed by atoms with Gasteiger partial charge in [-0.15, -0.1) is 0 Å². The minimum atomic E-state index is -1.25. The fourth-order valence-corrected chi connectivity index (χ4v) is 2.68. The molecule has 0 amide bonds. The number of carboxylic acids is 1. The summed E-state index contributed by atoms with van der Waals surface area (Å²) in [6, 6.07) is 1.26. The first-order chi connectivity index (χ1) is 8.09. The van der Waals surface area contributed by atoms with Gasteiger partial charge >= 0.3 is 5.97 Å². The molecular formula is C12H14ClNO3. The van der Waals surface area contributed by atoms with Crippen molar-refractivity contribution in [3.63, 3.8) is 0 Å². The van der Waals surface area contributed by atoms with Crippen molar-refractivity contribution in [2.75, 3.05) is 0 Å². The van der Waals surface area contributed by atoms with Gasteiger partial charge in [0.1, 0.15) is 5.56 Å². The van der Waals surface area contributed by atoms with Crippen LogP contribution in [0.1, 0.15) is 54.1 Å². The molecule has 0 aliphatic heterocycles. The second-order valence-electron chi connectivity index (χ2n) is 4.41. The Hall–Kier alpha value is -1.29. The Balaban J connectivity index is 2.38. The first-order valence-corrected chi connectivity index (χ1v) is 6.13. The van der Waals surface area contributed by atoms with Gasteiger partial charge < -0.3 is 10.1 Å². The van der Waals surface area contributed by atoms with Gasteiger partial charge in [-0.05, 0) is 18.9 Å². The van der Waals surface area contributed by atoms with E-state index in [4.69, 9.17) is 16.7 Å². The molecule has 4 nitrogen and oxygen atoms in total. The summed E-state index contributed by atoms with van der Waals surface area (Å²) in [6.07, 6.45) is 5.48. The Morgan fingerprint density at radius 2 is 2.00 bits per heavy atom. The summed E-state index contributed by atoms with van der Waals surface area (Å²) in [5.74, 6) is -0.991. The summed E-state index contributed by atoms with van der Waals surface area (Å²) in [6.45, 7) is 0. The van der Waals surface area contributed by atoms with Gasteiger partial charge in [-0.1, -0.05) is 30.9 Å². The van der Waals surface area contributed by atoms with Crippen LogP contribution in [0.2, 0.25) is 5.02 Å². The fraction of sp³-hybridized carbons (Fsp3) is 0.500. The van der Waals surface area contributed by atoms with E-state index in [9.17, 15) is 9.59 Å². The second kappa shape index (κ2) is 4.92. The lowest BCUT2D eigenvalue weighted by molar-refractivity contribution is 0.0695. The van der Waals surface area contributed by atoms with Gasteiger partial charge in [-0.3, -0.25) is 4.79 Å². The molecule has 17 heavy (non-hydrogen) atoms. The molecule has 1 aromatic heterocycles. The van der Waals surface area contributed by atoms with E-state index in [0.717, 1.165) is 25.7 Å². The number of pyridine rings is 1. The van der Waals surface area contributed by atoms with E-state index in [1.807, 2.05) is 0 Å². The van der Waals surface area contributed by atoms with Crippen molar-refractivity contribution in [1.82, 2.24) is 4.98 Å². The number of aromatic amines is 1. The van der Waals surface area contributed by atoms with Crippen LogP contribution in [0.3, 0.4) is 0 Å². The topological polar surface area (TPSA) is 70.2 Å². The molecule has 1 aliphatic carbocycles. The molecule has 0 saturated heterocycles. The highest BCUT2D eigenvalue weighted by molar-refractivity contribution is 6.31. The lowest BCUT2D eigenvalue weighted by Gasteiger charge is -2.22. The predicted octanol–water partition coefficient (Wildman–Crippen LogP) is 2.77. The molecule has 1 saturated carbocycles. The maximum atomic E-state index is 11.6. The van der Waals surface area contributed by atoms with Gasteiger partial charge in [-0.25, -0.2) is 4.79 Å². The SMILES string of the molecule is O=C(O)c1cc(Cl)c(C2CCCCC2)[nH]c1=O. The van der Waals surface area contributed by atoms with Crippen molar-refractivity contribution in [2.24, 2.45) is 0 Å². The van der Waals surface area contributed by atoms with E-state index in [1.165, 1.54) is 12.5 Å². The van der Waals surface area contributed by atoms with Crippen LogP contribution in [0.4, 0.5) is 0 Å². The number of nitrogens with one attached hydrogen (secondary N) is 1. The molecule has 92 valence electrons. The lowest BCUT2D eigenvalue weighted by atomic mass is 9.86. The van der Waals surface area contributed by atoms with Crippen LogP contribution in [0.15, 0.2) is 10.9 Å². The summed E-state index contributed by atoms with van der Waals surface area (Å²) in [7, 11) is 0. The second-order valence-corrected chi connectivity index (χ2v) is 4.82. The average molecular weight is 256 g/mol. The fourth-order valence-electron chi connectivity index (χ4n) is 2.37. The lowest BCUT2D eigenvalue weighted by Crippen LogP contribution is -2.21. The highest BCUT2D eigenvalue weighted by atomic mass is 35.5. The molecule has 0 radical (unpaired) electrons. The van der Waals surface area contributed by atoms with Gasteiger partial charge in [0, 0.05) is 11.6 Å². The Bertz CT molecular complexity index is 489. The van der Waals surface area contributed by atoms with Crippen LogP contribution in [-0.2, 0) is 0 Å². The molecule has 5 heteroatoms. The number of aromatic carboxylic acids is 1. The number of aromatic nitrogens is 1. The quantitative estimate of drug-likeness (QED) is 0.854. The highest BCUT2D eigenvalue weighted by Crippen LogP contribution is 2.34. The molecule has 1 heterocycles. The average Bonchev–Trinajstić information content (AvgIpc) is 2.32. The molecule has 0 spiro atoms. The predicted molar refractivity (Wildman–Crippen MR) is 64.9 cm³/mol. The van der Waals surface area contributed by atoms with Crippen LogP contribution in [0.25, 0.3) is 0 Å². The molecule has 1 aromatic rings. The summed E-state index contributed by atoms with van der Waals surface area (Å²) < 4.78 is 0. The first-order valence-electron chi connectivity index (χ1n) is 5.75. The molecule has 1 fully saturated rings. The van der Waals surface area contributed by atoms with Crippen molar-refractivity contribution in [2.45, 2.75) is 38.0 Å². The Labute approximate surface area is 104 Å². The molecule has 1 aliphatic rings. The summed E-state index contributed by atoms with van der Waals surface area (Å²) in [5.41, 5.74) is -0.168. The molecule has 0 aromatic carbocycles. The van der Waals surface area contributed by atoms with Crippen LogP contribution >= 0.6 is 11.6 Å². The minimum Gasteiger partial charge on any atom is -0.477 e. The van der Waals surface area contributed by atoms with Gasteiger partial charge in [0.15, 0.2) is 0 Å². The van der Waals surface area contributed by atoms with Crippen molar-refractivity contribution in [3.8, 4) is 0 Å². The van der Waals surface area contributed by atoms with Crippen molar-refractivity contribution in [1.29, 1.82) is 0 Å². The Morgan fingerprint density at radius 3 is 2.59 bits per heavy atom. The molecule has 0 unspecified atom stereocenters. The van der Waals surface area contributed by atoms with Crippen LogP contribution in [0, 0.1) is 0 Å². The number of rotatable bonds is 2. The van der Waals surface area contributed by atoms with Gasteiger partial charge in [0.05, 0.1) is 5.02 Å². The molecule has 2 rings (SSSR count). The van der Waals surface area contributed by atoms with Crippen molar-refractivity contribution in [3.05, 3.63) is 32.7 Å². The maximum Gasteiger partial charge on any atom is 0.341 e. The smallest absolute Gasteiger partial charge is 0.341 e. The standard InChI is InChI=1S/C12H14ClNO3/c13-9-6-8(12(16)17)11(15)14-10(9)7-4-2-1-3-5-7/h6-7H,1-5H2,(H,14,15)(H,16,17). The zero-order valence-corrected chi connectivity index (χ0v) is 10.1. The normalized spacial score (nSPS) is 17.0. The van der Waals surface area contributed by atoms with Crippen molar-refractivity contribution >= 4 is 17.6 Å². The van der Waals surface area contributed by atoms with E-state index >= 15 is 0 Å². The third-order valence-corrected chi connectivity index (χ3v) is 3.58. The summed E-state index contributed by atoms with van der Waals surface area (Å²) >= 11 is 6.05. The third kappa shape index (κ3) is 2.52. The zero-order chi connectivity index (χ0) is 12.4. The number of hydrogen-bond acceptors (Lipinski definition) is 2. The number of hydrogen-bond donors (Lipinski definition) is 2. The van der Waals surface area contributed by atoms with Gasteiger partial charge in [0.2, 0.25) is 0 Å².